The van der Waals surface area contributed by atoms with Gasteiger partial charge in [-0.3, -0.25) is 10.1 Å². The second-order valence-electron chi connectivity index (χ2n) is 4.58. The molecule has 2 aromatic carbocycles. The molecule has 0 fully saturated rings. The van der Waals surface area contributed by atoms with E-state index in [1.54, 1.807) is 0 Å². The molecule has 0 aliphatic rings. The number of rotatable bonds is 4. The van der Waals surface area contributed by atoms with Crippen LogP contribution in [0.1, 0.15) is 11.1 Å². The van der Waals surface area contributed by atoms with E-state index in [2.05, 4.69) is 5.32 Å². The Hall–Kier alpha value is -2.77. The van der Waals surface area contributed by atoms with Gasteiger partial charge in [-0.05, 0) is 29.8 Å². The van der Waals surface area contributed by atoms with Crippen molar-refractivity contribution < 1.29 is 18.1 Å². The van der Waals surface area contributed by atoms with Gasteiger partial charge in [0.1, 0.15) is 5.69 Å². The summed E-state index contributed by atoms with van der Waals surface area (Å²) in [4.78, 5) is 10.3. The van der Waals surface area contributed by atoms with Crippen molar-refractivity contribution >= 4 is 17.1 Å². The smallest absolute Gasteiger partial charge is 0.399 e. The van der Waals surface area contributed by atoms with Crippen LogP contribution in [0.5, 0.6) is 0 Å². The number of halogens is 3. The predicted octanol–water partition coefficient (Wildman–Crippen LogP) is 3.81. The number of anilines is 2. The number of nitrogen functional groups attached to an aromatic ring is 1. The monoisotopic (exact) mass is 311 g/mol. The fourth-order valence-electron chi connectivity index (χ4n) is 1.86. The van der Waals surface area contributed by atoms with Crippen LogP contribution in [-0.2, 0) is 12.7 Å². The van der Waals surface area contributed by atoms with Gasteiger partial charge in [0.05, 0.1) is 10.5 Å². The molecule has 0 unspecified atom stereocenters. The van der Waals surface area contributed by atoms with E-state index in [9.17, 15) is 23.3 Å². The van der Waals surface area contributed by atoms with Crippen LogP contribution in [0.15, 0.2) is 42.5 Å². The lowest BCUT2D eigenvalue weighted by Crippen LogP contribution is -2.06. The van der Waals surface area contributed by atoms with Gasteiger partial charge < -0.3 is 11.1 Å². The van der Waals surface area contributed by atoms with E-state index in [1.807, 2.05) is 0 Å². The van der Waals surface area contributed by atoms with Gasteiger partial charge in [-0.1, -0.05) is 12.1 Å². The first-order chi connectivity index (χ1) is 10.3. The zero-order chi connectivity index (χ0) is 16.3. The first-order valence-electron chi connectivity index (χ1n) is 6.21. The Morgan fingerprint density at radius 3 is 2.32 bits per heavy atom. The number of nitrogens with zero attached hydrogens (tertiary/aromatic N) is 1. The van der Waals surface area contributed by atoms with Crippen molar-refractivity contribution in [3.05, 3.63) is 63.7 Å². The van der Waals surface area contributed by atoms with Crippen molar-refractivity contribution in [2.75, 3.05) is 11.1 Å². The summed E-state index contributed by atoms with van der Waals surface area (Å²) >= 11 is 0. The summed E-state index contributed by atoms with van der Waals surface area (Å²) in [6.45, 7) is 0.156. The molecule has 0 saturated heterocycles. The van der Waals surface area contributed by atoms with Crippen LogP contribution in [0.4, 0.5) is 30.2 Å². The van der Waals surface area contributed by atoms with Crippen LogP contribution in [-0.4, -0.2) is 4.92 Å². The number of nitro benzene ring substituents is 1. The van der Waals surface area contributed by atoms with Gasteiger partial charge in [-0.25, -0.2) is 0 Å². The molecule has 0 spiro atoms. The van der Waals surface area contributed by atoms with Crippen LogP contribution in [0.2, 0.25) is 0 Å². The normalized spacial score (nSPS) is 11.2. The molecule has 22 heavy (non-hydrogen) atoms. The number of benzene rings is 2. The number of nitro groups is 1. The highest BCUT2D eigenvalue weighted by Crippen LogP contribution is 2.30. The van der Waals surface area contributed by atoms with Crippen molar-refractivity contribution in [3.8, 4) is 0 Å². The molecule has 3 N–H and O–H groups in total. The molecular formula is C14H12F3N3O2. The van der Waals surface area contributed by atoms with Crippen LogP contribution in [0, 0.1) is 10.1 Å². The van der Waals surface area contributed by atoms with E-state index >= 15 is 0 Å². The number of nitrogens with one attached hydrogen (secondary N) is 1. The number of alkyl halides is 3. The van der Waals surface area contributed by atoms with Gasteiger partial charge in [0.15, 0.2) is 0 Å². The fraction of sp³-hybridized carbons (Fsp3) is 0.143. The topological polar surface area (TPSA) is 81.2 Å². The maximum atomic E-state index is 12.4. The quantitative estimate of drug-likeness (QED) is 0.511. The summed E-state index contributed by atoms with van der Waals surface area (Å²) in [5, 5.41) is 13.7. The number of hydrogen-bond acceptors (Lipinski definition) is 4. The molecule has 0 saturated carbocycles. The first-order valence-corrected chi connectivity index (χ1v) is 6.21. The Morgan fingerprint density at radius 2 is 1.77 bits per heavy atom. The molecule has 0 heterocycles. The summed E-state index contributed by atoms with van der Waals surface area (Å²) in [5.41, 5.74) is 5.64. The Bertz CT molecular complexity index is 685. The maximum Gasteiger partial charge on any atom is 0.416 e. The van der Waals surface area contributed by atoms with Crippen molar-refractivity contribution in [2.24, 2.45) is 0 Å². The Labute approximate surface area is 123 Å². The van der Waals surface area contributed by atoms with E-state index in [0.717, 1.165) is 12.1 Å². The molecule has 0 aliphatic heterocycles. The molecular weight excluding hydrogens is 299 g/mol. The summed E-state index contributed by atoms with van der Waals surface area (Å²) in [5.74, 6) is 0. The second-order valence-corrected chi connectivity index (χ2v) is 4.58. The summed E-state index contributed by atoms with van der Waals surface area (Å²) < 4.78 is 37.3. The first kappa shape index (κ1) is 15.6. The Morgan fingerprint density at radius 1 is 1.14 bits per heavy atom. The largest absolute Gasteiger partial charge is 0.416 e. The molecule has 116 valence electrons. The van der Waals surface area contributed by atoms with Gasteiger partial charge in [-0.15, -0.1) is 0 Å². The minimum Gasteiger partial charge on any atom is -0.399 e. The second kappa shape index (κ2) is 5.92. The SMILES string of the molecule is Nc1ccc(NCc2ccc(C(F)(F)F)cc2)c([N+](=O)[O-])c1. The fourth-order valence-corrected chi connectivity index (χ4v) is 1.86. The van der Waals surface area contributed by atoms with Gasteiger partial charge in [-0.2, -0.15) is 13.2 Å². The minimum absolute atomic E-state index is 0.156. The molecule has 2 aromatic rings. The molecule has 8 heteroatoms. The molecule has 5 nitrogen and oxygen atoms in total. The van der Waals surface area contributed by atoms with Crippen LogP contribution in [0.25, 0.3) is 0 Å². The van der Waals surface area contributed by atoms with E-state index in [1.165, 1.54) is 30.3 Å². The van der Waals surface area contributed by atoms with E-state index in [4.69, 9.17) is 5.73 Å². The van der Waals surface area contributed by atoms with Crippen LogP contribution in [0.3, 0.4) is 0 Å². The van der Waals surface area contributed by atoms with Crippen LogP contribution >= 0.6 is 0 Å². The van der Waals surface area contributed by atoms with Gasteiger partial charge in [0.2, 0.25) is 0 Å². The standard InChI is InChI=1S/C14H12F3N3O2/c15-14(16,17)10-3-1-9(2-4-10)8-19-12-6-5-11(18)7-13(12)20(21)22/h1-7,19H,8,18H2. The van der Waals surface area contributed by atoms with Crippen molar-refractivity contribution in [2.45, 2.75) is 12.7 Å². The molecule has 0 aromatic heterocycles. The third-order valence-electron chi connectivity index (χ3n) is 2.98. The number of hydrogen-bond donors (Lipinski definition) is 2. The summed E-state index contributed by atoms with van der Waals surface area (Å²) in [7, 11) is 0. The van der Waals surface area contributed by atoms with Crippen molar-refractivity contribution in [1.82, 2.24) is 0 Å². The lowest BCUT2D eigenvalue weighted by Gasteiger charge is -2.10. The van der Waals surface area contributed by atoms with E-state index in [-0.39, 0.29) is 23.6 Å². The summed E-state index contributed by atoms with van der Waals surface area (Å²) in [6.07, 6.45) is -4.39. The van der Waals surface area contributed by atoms with Crippen LogP contribution < -0.4 is 11.1 Å². The highest BCUT2D eigenvalue weighted by Gasteiger charge is 2.29. The lowest BCUT2D eigenvalue weighted by atomic mass is 10.1. The third kappa shape index (κ3) is 3.66. The molecule has 2 rings (SSSR count). The Balaban J connectivity index is 2.12. The minimum atomic E-state index is -4.39. The van der Waals surface area contributed by atoms with Gasteiger partial charge >= 0.3 is 6.18 Å². The highest BCUT2D eigenvalue weighted by molar-refractivity contribution is 5.66. The zero-order valence-electron chi connectivity index (χ0n) is 11.2. The zero-order valence-corrected chi connectivity index (χ0v) is 11.2. The highest BCUT2D eigenvalue weighted by atomic mass is 19.4. The van der Waals surface area contributed by atoms with Crippen molar-refractivity contribution in [3.63, 3.8) is 0 Å². The van der Waals surface area contributed by atoms with Gasteiger partial charge in [0.25, 0.3) is 5.69 Å². The average molecular weight is 311 g/mol. The Kier molecular flexibility index (Phi) is 4.20. The summed E-state index contributed by atoms with van der Waals surface area (Å²) in [6, 6.07) is 8.75. The average Bonchev–Trinajstić information content (AvgIpc) is 2.45. The van der Waals surface area contributed by atoms with Gasteiger partial charge in [0, 0.05) is 18.3 Å². The van der Waals surface area contributed by atoms with E-state index in [0.29, 0.717) is 5.56 Å². The van der Waals surface area contributed by atoms with Crippen molar-refractivity contribution in [1.29, 1.82) is 0 Å². The maximum absolute atomic E-state index is 12.4. The van der Waals surface area contributed by atoms with E-state index < -0.39 is 16.7 Å². The predicted molar refractivity (Wildman–Crippen MR) is 76.3 cm³/mol. The molecule has 0 amide bonds. The molecule has 0 radical (unpaired) electrons. The number of nitrogens with two attached hydrogens (primary N) is 1. The molecule has 0 aliphatic carbocycles. The third-order valence-corrected chi connectivity index (χ3v) is 2.98. The lowest BCUT2D eigenvalue weighted by molar-refractivity contribution is -0.383. The molecule has 0 atom stereocenters. The molecule has 0 bridgehead atoms.